The fourth-order valence-corrected chi connectivity index (χ4v) is 3.09. The molecule has 142 valence electrons. The molecule has 0 unspecified atom stereocenters. The van der Waals surface area contributed by atoms with E-state index in [0.717, 1.165) is 5.01 Å². The molecule has 8 heteroatoms. The maximum atomic E-state index is 12.9. The lowest BCUT2D eigenvalue weighted by molar-refractivity contribution is -0.139. The molecule has 0 aliphatic carbocycles. The van der Waals surface area contributed by atoms with Gasteiger partial charge in [0.15, 0.2) is 0 Å². The van der Waals surface area contributed by atoms with Gasteiger partial charge in [-0.2, -0.15) is 5.01 Å². The number of imide groups is 1. The molecule has 1 aromatic carbocycles. The number of carbonyl (C=O) groups excluding carboxylic acids is 3. The molecule has 0 saturated carbocycles. The Hall–Kier alpha value is -3.13. The topological polar surface area (TPSA) is 104 Å². The van der Waals surface area contributed by atoms with Crippen LogP contribution in [0.1, 0.15) is 37.6 Å². The largest absolute Gasteiger partial charge is 0.468 e. The predicted octanol–water partition coefficient (Wildman–Crippen LogP) is 1.82. The van der Waals surface area contributed by atoms with E-state index in [1.54, 1.807) is 42.7 Å². The van der Waals surface area contributed by atoms with Gasteiger partial charge in [0.1, 0.15) is 11.3 Å². The Kier molecular flexibility index (Phi) is 5.27. The highest BCUT2D eigenvalue weighted by Crippen LogP contribution is 2.31. The van der Waals surface area contributed by atoms with Crippen molar-refractivity contribution in [1.82, 2.24) is 21.1 Å². The molecule has 3 rings (SSSR count). The van der Waals surface area contributed by atoms with Gasteiger partial charge in [0.2, 0.25) is 0 Å². The average molecular weight is 370 g/mol. The number of hydrogen-bond acceptors (Lipinski definition) is 5. The van der Waals surface area contributed by atoms with E-state index in [-0.39, 0.29) is 12.6 Å². The molecule has 8 nitrogen and oxygen atoms in total. The van der Waals surface area contributed by atoms with Crippen molar-refractivity contribution >= 4 is 17.8 Å². The zero-order valence-corrected chi connectivity index (χ0v) is 15.2. The first-order valence-electron chi connectivity index (χ1n) is 8.76. The van der Waals surface area contributed by atoms with Gasteiger partial charge in [-0.1, -0.05) is 37.3 Å². The zero-order valence-electron chi connectivity index (χ0n) is 15.2. The van der Waals surface area contributed by atoms with Crippen LogP contribution >= 0.6 is 0 Å². The van der Waals surface area contributed by atoms with Gasteiger partial charge in [-0.15, -0.1) is 0 Å². The number of nitrogens with zero attached hydrogens (tertiary/aromatic N) is 1. The molecule has 27 heavy (non-hydrogen) atoms. The molecule has 2 atom stereocenters. The number of nitrogens with one attached hydrogen (secondary N) is 3. The molecule has 4 amide bonds. The van der Waals surface area contributed by atoms with Crippen molar-refractivity contribution in [3.8, 4) is 0 Å². The number of hydrogen-bond donors (Lipinski definition) is 3. The van der Waals surface area contributed by atoms with Crippen molar-refractivity contribution in [3.63, 3.8) is 0 Å². The Morgan fingerprint density at radius 1 is 1.22 bits per heavy atom. The molecule has 2 heterocycles. The van der Waals surface area contributed by atoms with E-state index < -0.39 is 23.4 Å². The van der Waals surface area contributed by atoms with Crippen molar-refractivity contribution in [2.24, 2.45) is 0 Å². The molecule has 1 aliphatic rings. The fourth-order valence-electron chi connectivity index (χ4n) is 3.09. The standard InChI is InChI=1S/C19H22N4O4/c1-3-19(14-8-5-4-6-9-14)17(25)23(18(26)21-19)22-16(24)12-20-13(2)15-10-7-11-27-15/h4-11,13,20H,3,12H2,1-2H3,(H,21,26)(H,22,24)/t13-,19-/m0/s1. The summed E-state index contributed by atoms with van der Waals surface area (Å²) in [5, 5.41) is 6.44. The van der Waals surface area contributed by atoms with Crippen molar-refractivity contribution in [2.45, 2.75) is 31.8 Å². The maximum Gasteiger partial charge on any atom is 0.344 e. The van der Waals surface area contributed by atoms with Crippen LogP contribution in [0.4, 0.5) is 4.79 Å². The minimum atomic E-state index is -1.18. The molecular formula is C19H22N4O4. The lowest BCUT2D eigenvalue weighted by atomic mass is 9.87. The molecule has 0 radical (unpaired) electrons. The minimum absolute atomic E-state index is 0.0800. The second-order valence-electron chi connectivity index (χ2n) is 6.35. The molecule has 0 spiro atoms. The Morgan fingerprint density at radius 2 is 1.96 bits per heavy atom. The Balaban J connectivity index is 1.66. The first-order chi connectivity index (χ1) is 13.0. The lowest BCUT2D eigenvalue weighted by Gasteiger charge is -2.25. The molecule has 1 saturated heterocycles. The Labute approximate surface area is 156 Å². The van der Waals surface area contributed by atoms with Gasteiger partial charge in [0.25, 0.3) is 11.8 Å². The average Bonchev–Trinajstić information content (AvgIpc) is 3.30. The number of furan rings is 1. The van der Waals surface area contributed by atoms with Crippen LogP contribution in [0.15, 0.2) is 53.1 Å². The van der Waals surface area contributed by atoms with E-state index in [1.807, 2.05) is 19.9 Å². The summed E-state index contributed by atoms with van der Waals surface area (Å²) in [5.74, 6) is -0.322. The summed E-state index contributed by atoms with van der Waals surface area (Å²) in [7, 11) is 0. The number of amides is 4. The van der Waals surface area contributed by atoms with Crippen molar-refractivity contribution in [2.75, 3.05) is 6.54 Å². The van der Waals surface area contributed by atoms with Crippen LogP contribution in [-0.2, 0) is 15.1 Å². The van der Waals surface area contributed by atoms with E-state index in [1.165, 1.54) is 0 Å². The van der Waals surface area contributed by atoms with Gasteiger partial charge in [0, 0.05) is 0 Å². The molecule has 2 aromatic rings. The van der Waals surface area contributed by atoms with E-state index in [4.69, 9.17) is 4.42 Å². The zero-order chi connectivity index (χ0) is 19.4. The smallest absolute Gasteiger partial charge is 0.344 e. The highest BCUT2D eigenvalue weighted by Gasteiger charge is 2.52. The predicted molar refractivity (Wildman–Crippen MR) is 97.1 cm³/mol. The third-order valence-corrected chi connectivity index (χ3v) is 4.66. The lowest BCUT2D eigenvalue weighted by Crippen LogP contribution is -2.50. The third kappa shape index (κ3) is 3.56. The van der Waals surface area contributed by atoms with Crippen LogP contribution in [0, 0.1) is 0 Å². The molecule has 1 fully saturated rings. The summed E-state index contributed by atoms with van der Waals surface area (Å²) in [5.41, 5.74) is 1.87. The number of urea groups is 1. The highest BCUT2D eigenvalue weighted by molar-refractivity contribution is 6.08. The fraction of sp³-hybridized carbons (Fsp3) is 0.316. The van der Waals surface area contributed by atoms with Crippen LogP contribution < -0.4 is 16.1 Å². The summed E-state index contributed by atoms with van der Waals surface area (Å²) in [6.07, 6.45) is 1.91. The van der Waals surface area contributed by atoms with Crippen LogP contribution in [-0.4, -0.2) is 29.4 Å². The van der Waals surface area contributed by atoms with E-state index in [0.29, 0.717) is 17.7 Å². The number of benzene rings is 1. The Morgan fingerprint density at radius 3 is 2.59 bits per heavy atom. The molecule has 1 aromatic heterocycles. The first kappa shape index (κ1) is 18.7. The summed E-state index contributed by atoms with van der Waals surface area (Å²) < 4.78 is 5.26. The SMILES string of the molecule is CC[C@@]1(c2ccccc2)NC(=O)N(NC(=O)CN[C@@H](C)c2ccco2)C1=O. The monoisotopic (exact) mass is 370 g/mol. The van der Waals surface area contributed by atoms with Gasteiger partial charge in [-0.25, -0.2) is 4.79 Å². The van der Waals surface area contributed by atoms with Gasteiger partial charge < -0.3 is 9.73 Å². The molecular weight excluding hydrogens is 348 g/mol. The summed E-state index contributed by atoms with van der Waals surface area (Å²) >= 11 is 0. The van der Waals surface area contributed by atoms with Crippen molar-refractivity contribution in [3.05, 3.63) is 60.1 Å². The Bertz CT molecular complexity index is 821. The summed E-state index contributed by atoms with van der Waals surface area (Å²) in [6, 6.07) is 11.7. The quantitative estimate of drug-likeness (QED) is 0.645. The van der Waals surface area contributed by atoms with Crippen LogP contribution in [0.3, 0.4) is 0 Å². The van der Waals surface area contributed by atoms with Crippen molar-refractivity contribution < 1.29 is 18.8 Å². The van der Waals surface area contributed by atoms with E-state index in [2.05, 4.69) is 16.1 Å². The van der Waals surface area contributed by atoms with Crippen LogP contribution in [0.5, 0.6) is 0 Å². The minimum Gasteiger partial charge on any atom is -0.468 e. The highest BCUT2D eigenvalue weighted by atomic mass is 16.3. The van der Waals surface area contributed by atoms with Gasteiger partial charge in [0.05, 0.1) is 18.8 Å². The van der Waals surface area contributed by atoms with Crippen molar-refractivity contribution in [1.29, 1.82) is 0 Å². The van der Waals surface area contributed by atoms with Gasteiger partial charge in [-0.3, -0.25) is 20.3 Å². The molecule has 0 bridgehead atoms. The first-order valence-corrected chi connectivity index (χ1v) is 8.76. The number of carbonyl (C=O) groups is 3. The normalized spacial score (nSPS) is 20.4. The van der Waals surface area contributed by atoms with Gasteiger partial charge >= 0.3 is 6.03 Å². The molecule has 3 N–H and O–H groups in total. The maximum absolute atomic E-state index is 12.9. The second-order valence-corrected chi connectivity index (χ2v) is 6.35. The summed E-state index contributed by atoms with van der Waals surface area (Å²) in [4.78, 5) is 37.5. The van der Waals surface area contributed by atoms with Gasteiger partial charge in [-0.05, 0) is 31.0 Å². The van der Waals surface area contributed by atoms with Crippen LogP contribution in [0.2, 0.25) is 0 Å². The van der Waals surface area contributed by atoms with Crippen LogP contribution in [0.25, 0.3) is 0 Å². The van der Waals surface area contributed by atoms with E-state index >= 15 is 0 Å². The van der Waals surface area contributed by atoms with E-state index in [9.17, 15) is 14.4 Å². The second kappa shape index (κ2) is 7.63. The summed E-state index contributed by atoms with van der Waals surface area (Å²) in [6.45, 7) is 3.57. The molecule has 1 aliphatic heterocycles. The third-order valence-electron chi connectivity index (χ3n) is 4.66. The number of hydrazine groups is 1. The number of rotatable bonds is 7.